The second kappa shape index (κ2) is 9.02. The first-order valence-electron chi connectivity index (χ1n) is 9.90. The molecule has 1 heterocycles. The van der Waals surface area contributed by atoms with Crippen molar-refractivity contribution in [1.29, 1.82) is 0 Å². The third-order valence-electron chi connectivity index (χ3n) is 5.34. The van der Waals surface area contributed by atoms with Crippen molar-refractivity contribution >= 4 is 17.5 Å². The zero-order valence-corrected chi connectivity index (χ0v) is 16.9. The van der Waals surface area contributed by atoms with Gasteiger partial charge in [-0.15, -0.1) is 0 Å². The first-order valence-corrected chi connectivity index (χ1v) is 9.90. The standard InChI is InChI=1S/C23H29N3O2/c1-16(2)22(26-13-12-18-6-4-5-7-20(18)15-26)14-24-23(28)19-8-10-21(11-9-19)25-17(3)27/h4-11,16,22H,12-15H2,1-3H3,(H,24,28)(H,25,27). The lowest BCUT2D eigenvalue weighted by molar-refractivity contribution is -0.114. The van der Waals surface area contributed by atoms with Gasteiger partial charge in [0.25, 0.3) is 5.91 Å². The van der Waals surface area contributed by atoms with E-state index in [1.807, 2.05) is 0 Å². The summed E-state index contributed by atoms with van der Waals surface area (Å²) in [6.07, 6.45) is 1.05. The Hall–Kier alpha value is -2.66. The second-order valence-corrected chi connectivity index (χ2v) is 7.77. The average molecular weight is 380 g/mol. The van der Waals surface area contributed by atoms with Crippen LogP contribution in [0.4, 0.5) is 5.69 Å². The number of rotatable bonds is 6. The summed E-state index contributed by atoms with van der Waals surface area (Å²) in [6.45, 7) is 8.44. The van der Waals surface area contributed by atoms with Crippen LogP contribution in [-0.2, 0) is 17.8 Å². The predicted octanol–water partition coefficient (Wildman–Crippen LogP) is 3.46. The fourth-order valence-corrected chi connectivity index (χ4v) is 3.79. The van der Waals surface area contributed by atoms with Crippen LogP contribution in [0.3, 0.4) is 0 Å². The SMILES string of the molecule is CC(=O)Nc1ccc(C(=O)NCC(C(C)C)N2CCc3ccccc3C2)cc1. The van der Waals surface area contributed by atoms with Crippen molar-refractivity contribution in [2.75, 3.05) is 18.4 Å². The Bertz CT molecular complexity index is 830. The summed E-state index contributed by atoms with van der Waals surface area (Å²) in [5.41, 5.74) is 4.11. The summed E-state index contributed by atoms with van der Waals surface area (Å²) in [5, 5.41) is 5.80. The van der Waals surface area contributed by atoms with Gasteiger partial charge in [0.2, 0.25) is 5.91 Å². The maximum atomic E-state index is 12.6. The zero-order valence-electron chi connectivity index (χ0n) is 16.9. The Labute approximate surface area is 167 Å². The summed E-state index contributed by atoms with van der Waals surface area (Å²) < 4.78 is 0. The van der Waals surface area contributed by atoms with Gasteiger partial charge in [-0.3, -0.25) is 14.5 Å². The lowest BCUT2D eigenvalue weighted by Crippen LogP contribution is -2.48. The van der Waals surface area contributed by atoms with Crippen LogP contribution < -0.4 is 10.6 Å². The van der Waals surface area contributed by atoms with Crippen LogP contribution in [0.25, 0.3) is 0 Å². The Kier molecular flexibility index (Phi) is 6.47. The van der Waals surface area contributed by atoms with Crippen molar-refractivity contribution in [2.45, 2.75) is 39.8 Å². The molecule has 0 bridgehead atoms. The zero-order chi connectivity index (χ0) is 20.1. The highest BCUT2D eigenvalue weighted by atomic mass is 16.2. The average Bonchev–Trinajstić information content (AvgIpc) is 2.67. The monoisotopic (exact) mass is 379 g/mol. The Morgan fingerprint density at radius 2 is 1.71 bits per heavy atom. The van der Waals surface area contributed by atoms with Crippen LogP contribution in [0.15, 0.2) is 48.5 Å². The molecule has 1 aliphatic heterocycles. The minimum Gasteiger partial charge on any atom is -0.350 e. The van der Waals surface area contributed by atoms with Gasteiger partial charge >= 0.3 is 0 Å². The van der Waals surface area contributed by atoms with Crippen LogP contribution in [0, 0.1) is 5.92 Å². The quantitative estimate of drug-likeness (QED) is 0.808. The molecule has 28 heavy (non-hydrogen) atoms. The number of hydrogen-bond donors (Lipinski definition) is 2. The molecule has 0 radical (unpaired) electrons. The van der Waals surface area contributed by atoms with E-state index in [0.29, 0.717) is 23.7 Å². The number of carbonyl (C=O) groups excluding carboxylic acids is 2. The van der Waals surface area contributed by atoms with Crippen molar-refractivity contribution in [1.82, 2.24) is 10.2 Å². The smallest absolute Gasteiger partial charge is 0.251 e. The van der Waals surface area contributed by atoms with E-state index in [1.54, 1.807) is 24.3 Å². The molecule has 5 nitrogen and oxygen atoms in total. The fourth-order valence-electron chi connectivity index (χ4n) is 3.79. The lowest BCUT2D eigenvalue weighted by atomic mass is 9.95. The Balaban J connectivity index is 1.61. The number of amides is 2. The summed E-state index contributed by atoms with van der Waals surface area (Å²) in [6, 6.07) is 15.9. The van der Waals surface area contributed by atoms with Gasteiger partial charge in [-0.2, -0.15) is 0 Å². The normalized spacial score (nSPS) is 15.0. The summed E-state index contributed by atoms with van der Waals surface area (Å²) in [4.78, 5) is 26.2. The van der Waals surface area contributed by atoms with Crippen molar-refractivity contribution in [3.63, 3.8) is 0 Å². The molecule has 0 fully saturated rings. The molecule has 0 aromatic heterocycles. The maximum Gasteiger partial charge on any atom is 0.251 e. The number of benzene rings is 2. The van der Waals surface area contributed by atoms with E-state index in [1.165, 1.54) is 18.1 Å². The minimum absolute atomic E-state index is 0.0857. The highest BCUT2D eigenvalue weighted by Gasteiger charge is 2.26. The minimum atomic E-state index is -0.125. The number of fused-ring (bicyclic) bond motifs is 1. The molecule has 0 aliphatic carbocycles. The molecule has 3 rings (SSSR count). The first kappa shape index (κ1) is 20.1. The lowest BCUT2D eigenvalue weighted by Gasteiger charge is -2.38. The van der Waals surface area contributed by atoms with E-state index in [4.69, 9.17) is 0 Å². The van der Waals surface area contributed by atoms with Gasteiger partial charge in [0.1, 0.15) is 0 Å². The van der Waals surface area contributed by atoms with Gasteiger partial charge in [0.15, 0.2) is 0 Å². The first-order chi connectivity index (χ1) is 13.4. The molecule has 1 unspecified atom stereocenters. The molecule has 2 aromatic carbocycles. The number of anilines is 1. The number of nitrogens with one attached hydrogen (secondary N) is 2. The predicted molar refractivity (Wildman–Crippen MR) is 112 cm³/mol. The van der Waals surface area contributed by atoms with E-state index in [0.717, 1.165) is 19.5 Å². The molecule has 2 aromatic rings. The third-order valence-corrected chi connectivity index (χ3v) is 5.34. The third kappa shape index (κ3) is 4.98. The van der Waals surface area contributed by atoms with E-state index in [-0.39, 0.29) is 17.9 Å². The van der Waals surface area contributed by atoms with Crippen LogP contribution in [0.2, 0.25) is 0 Å². The highest BCUT2D eigenvalue weighted by Crippen LogP contribution is 2.23. The number of hydrogen-bond acceptors (Lipinski definition) is 3. The number of carbonyl (C=O) groups is 2. The molecule has 148 valence electrons. The van der Waals surface area contributed by atoms with Crippen molar-refractivity contribution in [3.05, 3.63) is 65.2 Å². The molecule has 5 heteroatoms. The highest BCUT2D eigenvalue weighted by molar-refractivity contribution is 5.95. The second-order valence-electron chi connectivity index (χ2n) is 7.77. The molecule has 2 N–H and O–H groups in total. The Morgan fingerprint density at radius 3 is 2.36 bits per heavy atom. The van der Waals surface area contributed by atoms with Gasteiger partial charge < -0.3 is 10.6 Å². The van der Waals surface area contributed by atoms with Gasteiger partial charge in [-0.25, -0.2) is 0 Å². The van der Waals surface area contributed by atoms with E-state index >= 15 is 0 Å². The van der Waals surface area contributed by atoms with Crippen molar-refractivity contribution in [3.8, 4) is 0 Å². The maximum absolute atomic E-state index is 12.6. The molecule has 0 saturated carbocycles. The topological polar surface area (TPSA) is 61.4 Å². The molecular weight excluding hydrogens is 350 g/mol. The van der Waals surface area contributed by atoms with Crippen LogP contribution in [-0.4, -0.2) is 35.8 Å². The van der Waals surface area contributed by atoms with E-state index < -0.39 is 0 Å². The summed E-state index contributed by atoms with van der Waals surface area (Å²) >= 11 is 0. The fraction of sp³-hybridized carbons (Fsp3) is 0.391. The molecule has 1 aliphatic rings. The summed E-state index contributed by atoms with van der Waals surface area (Å²) in [5.74, 6) is 0.227. The van der Waals surface area contributed by atoms with E-state index in [2.05, 4.69) is 53.6 Å². The van der Waals surface area contributed by atoms with Crippen LogP contribution in [0.5, 0.6) is 0 Å². The molecule has 2 amide bonds. The van der Waals surface area contributed by atoms with Gasteiger partial charge in [0, 0.05) is 43.9 Å². The summed E-state index contributed by atoms with van der Waals surface area (Å²) in [7, 11) is 0. The van der Waals surface area contributed by atoms with Gasteiger partial charge in [0.05, 0.1) is 0 Å². The molecular formula is C23H29N3O2. The molecule has 0 saturated heterocycles. The van der Waals surface area contributed by atoms with Gasteiger partial charge in [-0.05, 0) is 47.7 Å². The van der Waals surface area contributed by atoms with Crippen molar-refractivity contribution in [2.24, 2.45) is 5.92 Å². The van der Waals surface area contributed by atoms with Gasteiger partial charge in [-0.1, -0.05) is 38.1 Å². The van der Waals surface area contributed by atoms with Crippen LogP contribution in [0.1, 0.15) is 42.3 Å². The Morgan fingerprint density at radius 1 is 1.04 bits per heavy atom. The largest absolute Gasteiger partial charge is 0.350 e. The van der Waals surface area contributed by atoms with E-state index in [9.17, 15) is 9.59 Å². The molecule has 1 atom stereocenters. The van der Waals surface area contributed by atoms with Crippen molar-refractivity contribution < 1.29 is 9.59 Å². The van der Waals surface area contributed by atoms with Crippen LogP contribution >= 0.6 is 0 Å². The molecule has 0 spiro atoms. The number of nitrogens with zero attached hydrogens (tertiary/aromatic N) is 1.